The zero-order chi connectivity index (χ0) is 9.78. The first kappa shape index (κ1) is 10.9. The predicted molar refractivity (Wildman–Crippen MR) is 43.5 cm³/mol. The molecule has 0 rings (SSSR count). The Morgan fingerprint density at radius 1 is 1.50 bits per heavy atom. The van der Waals surface area contributed by atoms with Gasteiger partial charge in [0, 0.05) is 13.1 Å². The number of aliphatic carboxylic acids is 1. The molecule has 0 fully saturated rings. The van der Waals surface area contributed by atoms with E-state index in [1.165, 1.54) is 13.8 Å². The van der Waals surface area contributed by atoms with Crippen molar-refractivity contribution in [2.75, 3.05) is 13.1 Å². The first-order chi connectivity index (χ1) is 5.42. The number of nitrogens with one attached hydrogen (secondary N) is 1. The highest BCUT2D eigenvalue weighted by Gasteiger charge is 2.35. The molecular formula is C7H14N2O3. The van der Waals surface area contributed by atoms with Crippen molar-refractivity contribution in [2.24, 2.45) is 11.1 Å². The van der Waals surface area contributed by atoms with E-state index in [9.17, 15) is 9.59 Å². The van der Waals surface area contributed by atoms with Gasteiger partial charge in [-0.25, -0.2) is 0 Å². The molecule has 0 aromatic rings. The van der Waals surface area contributed by atoms with Gasteiger partial charge in [0.1, 0.15) is 5.41 Å². The molecule has 0 aliphatic carbocycles. The van der Waals surface area contributed by atoms with Gasteiger partial charge < -0.3 is 16.2 Å². The monoisotopic (exact) mass is 174 g/mol. The molecule has 70 valence electrons. The predicted octanol–water partition coefficient (Wildman–Crippen LogP) is -0.828. The molecule has 0 spiro atoms. The summed E-state index contributed by atoms with van der Waals surface area (Å²) in [7, 11) is 0. The number of hydrogen-bond acceptors (Lipinski definition) is 3. The van der Waals surface area contributed by atoms with Crippen molar-refractivity contribution in [1.29, 1.82) is 0 Å². The van der Waals surface area contributed by atoms with E-state index < -0.39 is 17.3 Å². The number of rotatable bonds is 4. The van der Waals surface area contributed by atoms with Crippen LogP contribution in [0.1, 0.15) is 13.8 Å². The zero-order valence-corrected chi connectivity index (χ0v) is 7.26. The van der Waals surface area contributed by atoms with Gasteiger partial charge in [-0.05, 0) is 13.8 Å². The Morgan fingerprint density at radius 3 is 2.33 bits per heavy atom. The van der Waals surface area contributed by atoms with Crippen molar-refractivity contribution in [3.8, 4) is 0 Å². The van der Waals surface area contributed by atoms with E-state index in [-0.39, 0.29) is 0 Å². The van der Waals surface area contributed by atoms with Gasteiger partial charge in [-0.2, -0.15) is 0 Å². The molecule has 4 N–H and O–H groups in total. The van der Waals surface area contributed by atoms with Gasteiger partial charge in [0.15, 0.2) is 0 Å². The Morgan fingerprint density at radius 2 is 2.00 bits per heavy atom. The third-order valence-corrected chi connectivity index (χ3v) is 1.53. The van der Waals surface area contributed by atoms with E-state index >= 15 is 0 Å². The smallest absolute Gasteiger partial charge is 0.318 e. The first-order valence-electron chi connectivity index (χ1n) is 3.64. The molecule has 12 heavy (non-hydrogen) atoms. The minimum Gasteiger partial charge on any atom is -0.480 e. The average molecular weight is 174 g/mol. The number of hydrogen-bond donors (Lipinski definition) is 3. The highest BCUT2D eigenvalue weighted by atomic mass is 16.4. The Balaban J connectivity index is 4.16. The second-order valence-corrected chi connectivity index (χ2v) is 2.97. The van der Waals surface area contributed by atoms with Crippen LogP contribution in [0.25, 0.3) is 0 Å². The third kappa shape index (κ3) is 2.50. The van der Waals surface area contributed by atoms with Crippen LogP contribution in [0.15, 0.2) is 0 Å². The Hall–Kier alpha value is -1.10. The molecule has 0 aromatic heterocycles. The molecule has 0 heterocycles. The summed E-state index contributed by atoms with van der Waals surface area (Å²) in [6, 6.07) is 0. The molecular weight excluding hydrogens is 160 g/mol. The van der Waals surface area contributed by atoms with Crippen molar-refractivity contribution in [2.45, 2.75) is 13.8 Å². The normalized spacial score (nSPS) is 10.9. The fourth-order valence-corrected chi connectivity index (χ4v) is 0.504. The minimum atomic E-state index is -1.38. The quantitative estimate of drug-likeness (QED) is 0.485. The summed E-state index contributed by atoms with van der Waals surface area (Å²) in [4.78, 5) is 21.7. The van der Waals surface area contributed by atoms with Crippen LogP contribution in [-0.2, 0) is 9.59 Å². The van der Waals surface area contributed by atoms with Gasteiger partial charge in [0.2, 0.25) is 5.91 Å². The van der Waals surface area contributed by atoms with E-state index in [1.54, 1.807) is 0 Å². The highest BCUT2D eigenvalue weighted by molar-refractivity contribution is 6.00. The number of carbonyl (C=O) groups is 2. The number of carboxylic acid groups (broad SMARTS) is 1. The summed E-state index contributed by atoms with van der Waals surface area (Å²) in [6.07, 6.45) is 0. The van der Waals surface area contributed by atoms with Crippen LogP contribution in [0.4, 0.5) is 0 Å². The lowest BCUT2D eigenvalue weighted by Gasteiger charge is -2.17. The van der Waals surface area contributed by atoms with Gasteiger partial charge in [-0.3, -0.25) is 9.59 Å². The minimum absolute atomic E-state index is 0.301. The van der Waals surface area contributed by atoms with E-state index in [0.29, 0.717) is 13.1 Å². The standard InChI is InChI=1S/C7H14N2O3/c1-7(2,6(11)12)5(10)9-4-3-8/h3-4,8H2,1-2H3,(H,9,10)(H,11,12). The molecule has 0 unspecified atom stereocenters. The van der Waals surface area contributed by atoms with Crippen LogP contribution in [0.3, 0.4) is 0 Å². The molecule has 5 nitrogen and oxygen atoms in total. The van der Waals surface area contributed by atoms with Gasteiger partial charge in [0.05, 0.1) is 0 Å². The molecule has 0 aliphatic heterocycles. The average Bonchev–Trinajstić information content (AvgIpc) is 1.99. The Kier molecular flexibility index (Phi) is 3.69. The van der Waals surface area contributed by atoms with Crippen molar-refractivity contribution < 1.29 is 14.7 Å². The van der Waals surface area contributed by atoms with Gasteiger partial charge in [0.25, 0.3) is 0 Å². The van der Waals surface area contributed by atoms with E-state index in [0.717, 1.165) is 0 Å². The number of nitrogens with two attached hydrogens (primary N) is 1. The van der Waals surface area contributed by atoms with Crippen LogP contribution in [-0.4, -0.2) is 30.1 Å². The number of carboxylic acids is 1. The lowest BCUT2D eigenvalue weighted by atomic mass is 9.93. The van der Waals surface area contributed by atoms with Gasteiger partial charge in [-0.1, -0.05) is 0 Å². The maximum Gasteiger partial charge on any atom is 0.318 e. The van der Waals surface area contributed by atoms with Crippen LogP contribution in [0, 0.1) is 5.41 Å². The molecule has 0 saturated carbocycles. The van der Waals surface area contributed by atoms with E-state index in [2.05, 4.69) is 5.32 Å². The van der Waals surface area contributed by atoms with Gasteiger partial charge in [-0.15, -0.1) is 0 Å². The molecule has 0 aliphatic rings. The molecule has 5 heteroatoms. The van der Waals surface area contributed by atoms with Crippen LogP contribution < -0.4 is 11.1 Å². The maximum absolute atomic E-state index is 11.1. The lowest BCUT2D eigenvalue weighted by molar-refractivity contribution is -0.153. The molecule has 0 saturated heterocycles. The fraction of sp³-hybridized carbons (Fsp3) is 0.714. The lowest BCUT2D eigenvalue weighted by Crippen LogP contribution is -2.43. The summed E-state index contributed by atoms with van der Waals surface area (Å²) >= 11 is 0. The molecule has 0 bridgehead atoms. The topological polar surface area (TPSA) is 92.4 Å². The Bertz CT molecular complexity index is 189. The summed E-state index contributed by atoms with van der Waals surface area (Å²) in [5.74, 6) is -1.66. The van der Waals surface area contributed by atoms with Crippen molar-refractivity contribution >= 4 is 11.9 Å². The number of carbonyl (C=O) groups excluding carboxylic acids is 1. The summed E-state index contributed by atoms with van der Waals surface area (Å²) < 4.78 is 0. The SMILES string of the molecule is CC(C)(C(=O)O)C(=O)NCCN. The second-order valence-electron chi connectivity index (χ2n) is 2.97. The second kappa shape index (κ2) is 4.06. The number of amides is 1. The fourth-order valence-electron chi connectivity index (χ4n) is 0.504. The van der Waals surface area contributed by atoms with Gasteiger partial charge >= 0.3 is 5.97 Å². The van der Waals surface area contributed by atoms with Crippen LogP contribution >= 0.6 is 0 Å². The largest absolute Gasteiger partial charge is 0.480 e. The summed E-state index contributed by atoms with van der Waals surface area (Å²) in [6.45, 7) is 3.30. The van der Waals surface area contributed by atoms with Crippen LogP contribution in [0.2, 0.25) is 0 Å². The van der Waals surface area contributed by atoms with Crippen LogP contribution in [0.5, 0.6) is 0 Å². The maximum atomic E-state index is 11.1. The van der Waals surface area contributed by atoms with Crippen molar-refractivity contribution in [1.82, 2.24) is 5.32 Å². The first-order valence-corrected chi connectivity index (χ1v) is 3.64. The Labute approximate surface area is 70.9 Å². The molecule has 1 amide bonds. The van der Waals surface area contributed by atoms with E-state index in [4.69, 9.17) is 10.8 Å². The third-order valence-electron chi connectivity index (χ3n) is 1.53. The highest BCUT2D eigenvalue weighted by Crippen LogP contribution is 2.14. The summed E-state index contributed by atoms with van der Waals surface area (Å²) in [5.41, 5.74) is 3.75. The van der Waals surface area contributed by atoms with Crippen molar-refractivity contribution in [3.63, 3.8) is 0 Å². The van der Waals surface area contributed by atoms with Crippen molar-refractivity contribution in [3.05, 3.63) is 0 Å². The molecule has 0 radical (unpaired) electrons. The summed E-state index contributed by atoms with van der Waals surface area (Å²) in [5, 5.41) is 11.0. The zero-order valence-electron chi connectivity index (χ0n) is 7.26. The molecule has 0 aromatic carbocycles. The molecule has 0 atom stereocenters. The van der Waals surface area contributed by atoms with E-state index in [1.807, 2.05) is 0 Å².